The first kappa shape index (κ1) is 27.3. The summed E-state index contributed by atoms with van der Waals surface area (Å²) in [5.74, 6) is 0.651. The standard InChI is InChI=1S/C30H36N2O3S/c1-5-6-19-35-25-17-15-23(16-18-25)32-29(34)28(22-11-8-7-9-12-22)36-26-14-10-13-24(20-26)31-27(33)21-30(2,3)4/h7-18,20,28H,5-6,19,21H2,1-4H3,(H,31,33)(H,32,34). The number of rotatable bonds is 11. The lowest BCUT2D eigenvalue weighted by molar-refractivity contribution is -0.118. The molecule has 2 amide bonds. The Bertz CT molecular complexity index is 1120. The highest BCUT2D eigenvalue weighted by Crippen LogP contribution is 2.37. The third kappa shape index (κ3) is 9.08. The molecule has 0 bridgehead atoms. The van der Waals surface area contributed by atoms with Crippen molar-refractivity contribution in [3.05, 3.63) is 84.4 Å². The summed E-state index contributed by atoms with van der Waals surface area (Å²) in [4.78, 5) is 26.7. The first-order chi connectivity index (χ1) is 17.2. The van der Waals surface area contributed by atoms with Crippen LogP contribution in [0.1, 0.15) is 57.8 Å². The fourth-order valence-electron chi connectivity index (χ4n) is 3.55. The van der Waals surface area contributed by atoms with Crippen LogP contribution >= 0.6 is 11.8 Å². The van der Waals surface area contributed by atoms with E-state index in [0.29, 0.717) is 18.7 Å². The smallest absolute Gasteiger partial charge is 0.242 e. The van der Waals surface area contributed by atoms with E-state index < -0.39 is 5.25 Å². The molecule has 0 spiro atoms. The Hall–Kier alpha value is -3.25. The number of ether oxygens (including phenoxy) is 1. The highest BCUT2D eigenvalue weighted by atomic mass is 32.2. The van der Waals surface area contributed by atoms with E-state index in [-0.39, 0.29) is 17.2 Å². The molecular weight excluding hydrogens is 468 g/mol. The Labute approximate surface area is 219 Å². The van der Waals surface area contributed by atoms with Gasteiger partial charge >= 0.3 is 0 Å². The van der Waals surface area contributed by atoms with Crippen LogP contribution in [0, 0.1) is 5.41 Å². The highest BCUT2D eigenvalue weighted by Gasteiger charge is 2.23. The second kappa shape index (κ2) is 13.2. The molecule has 0 aliphatic rings. The molecule has 1 unspecified atom stereocenters. The van der Waals surface area contributed by atoms with Crippen molar-refractivity contribution in [3.8, 4) is 5.75 Å². The van der Waals surface area contributed by atoms with Gasteiger partial charge in [0.2, 0.25) is 11.8 Å². The van der Waals surface area contributed by atoms with Crippen molar-refractivity contribution in [2.45, 2.75) is 57.1 Å². The van der Waals surface area contributed by atoms with Crippen molar-refractivity contribution in [1.29, 1.82) is 0 Å². The third-order valence-electron chi connectivity index (χ3n) is 5.29. The normalized spacial score (nSPS) is 12.0. The van der Waals surface area contributed by atoms with E-state index in [9.17, 15) is 9.59 Å². The maximum absolute atomic E-state index is 13.4. The first-order valence-electron chi connectivity index (χ1n) is 12.4. The van der Waals surface area contributed by atoms with Crippen LogP contribution in [0.5, 0.6) is 5.75 Å². The van der Waals surface area contributed by atoms with Gasteiger partial charge in [-0.15, -0.1) is 11.8 Å². The summed E-state index contributed by atoms with van der Waals surface area (Å²) in [5, 5.41) is 5.56. The SMILES string of the molecule is CCCCOc1ccc(NC(=O)C(Sc2cccc(NC(=O)CC(C)(C)C)c2)c2ccccc2)cc1. The molecule has 6 heteroatoms. The van der Waals surface area contributed by atoms with E-state index in [1.807, 2.05) is 99.6 Å². The van der Waals surface area contributed by atoms with Gasteiger partial charge in [-0.05, 0) is 59.9 Å². The number of thioether (sulfide) groups is 1. The van der Waals surface area contributed by atoms with E-state index in [0.717, 1.165) is 34.7 Å². The third-order valence-corrected chi connectivity index (χ3v) is 6.54. The monoisotopic (exact) mass is 504 g/mol. The molecule has 1 atom stereocenters. The second-order valence-electron chi connectivity index (χ2n) is 9.94. The van der Waals surface area contributed by atoms with E-state index >= 15 is 0 Å². The van der Waals surface area contributed by atoms with Crippen molar-refractivity contribution < 1.29 is 14.3 Å². The van der Waals surface area contributed by atoms with Crippen molar-refractivity contribution in [2.75, 3.05) is 17.2 Å². The number of benzene rings is 3. The minimum atomic E-state index is -0.466. The van der Waals surface area contributed by atoms with Crippen molar-refractivity contribution >= 4 is 35.0 Å². The highest BCUT2D eigenvalue weighted by molar-refractivity contribution is 8.00. The number of amides is 2. The number of unbranched alkanes of at least 4 members (excludes halogenated alkanes) is 1. The van der Waals surface area contributed by atoms with E-state index in [2.05, 4.69) is 17.6 Å². The lowest BCUT2D eigenvalue weighted by Crippen LogP contribution is -2.20. The number of anilines is 2. The predicted octanol–water partition coefficient (Wildman–Crippen LogP) is 7.71. The van der Waals surface area contributed by atoms with Crippen molar-refractivity contribution in [3.63, 3.8) is 0 Å². The van der Waals surface area contributed by atoms with Gasteiger partial charge in [0, 0.05) is 22.7 Å². The fourth-order valence-corrected chi connectivity index (χ4v) is 4.63. The summed E-state index contributed by atoms with van der Waals surface area (Å²) in [6, 6.07) is 24.8. The van der Waals surface area contributed by atoms with Gasteiger partial charge in [0.1, 0.15) is 11.0 Å². The van der Waals surface area contributed by atoms with Crippen LogP contribution in [-0.2, 0) is 9.59 Å². The van der Waals surface area contributed by atoms with Gasteiger partial charge in [-0.1, -0.05) is 70.5 Å². The summed E-state index contributed by atoms with van der Waals surface area (Å²) in [5.41, 5.74) is 2.25. The summed E-state index contributed by atoms with van der Waals surface area (Å²) < 4.78 is 5.72. The maximum atomic E-state index is 13.4. The second-order valence-corrected chi connectivity index (χ2v) is 11.1. The molecule has 0 heterocycles. The number of nitrogens with one attached hydrogen (secondary N) is 2. The molecule has 190 valence electrons. The minimum absolute atomic E-state index is 0.0240. The molecule has 2 N–H and O–H groups in total. The Morgan fingerprint density at radius 2 is 1.61 bits per heavy atom. The Morgan fingerprint density at radius 3 is 2.28 bits per heavy atom. The number of hydrogen-bond acceptors (Lipinski definition) is 4. The van der Waals surface area contributed by atoms with E-state index in [4.69, 9.17) is 4.74 Å². The molecule has 3 aromatic carbocycles. The Morgan fingerprint density at radius 1 is 0.889 bits per heavy atom. The fraction of sp³-hybridized carbons (Fsp3) is 0.333. The van der Waals surface area contributed by atoms with Gasteiger partial charge in [-0.3, -0.25) is 9.59 Å². The summed E-state index contributed by atoms with van der Waals surface area (Å²) >= 11 is 1.45. The molecule has 0 aliphatic heterocycles. The summed E-state index contributed by atoms with van der Waals surface area (Å²) in [6.07, 6.45) is 2.52. The molecule has 5 nitrogen and oxygen atoms in total. The van der Waals surface area contributed by atoms with Gasteiger partial charge in [0.25, 0.3) is 0 Å². The maximum Gasteiger partial charge on any atom is 0.242 e. The molecule has 3 aromatic rings. The molecule has 0 aromatic heterocycles. The molecule has 0 fully saturated rings. The van der Waals surface area contributed by atoms with Crippen molar-refractivity contribution in [1.82, 2.24) is 0 Å². The van der Waals surface area contributed by atoms with Crippen LogP contribution in [0.15, 0.2) is 83.8 Å². The molecule has 36 heavy (non-hydrogen) atoms. The van der Waals surface area contributed by atoms with Crippen LogP contribution in [0.25, 0.3) is 0 Å². The topological polar surface area (TPSA) is 67.4 Å². The van der Waals surface area contributed by atoms with Gasteiger partial charge in [-0.2, -0.15) is 0 Å². The first-order valence-corrected chi connectivity index (χ1v) is 13.3. The van der Waals surface area contributed by atoms with Gasteiger partial charge in [0.05, 0.1) is 6.61 Å². The zero-order valence-corrected chi connectivity index (χ0v) is 22.4. The van der Waals surface area contributed by atoms with Gasteiger partial charge in [0.15, 0.2) is 0 Å². The van der Waals surface area contributed by atoms with E-state index in [1.165, 1.54) is 11.8 Å². The zero-order chi connectivity index (χ0) is 26.0. The molecule has 0 radical (unpaired) electrons. The van der Waals surface area contributed by atoms with Crippen LogP contribution in [0.2, 0.25) is 0 Å². The predicted molar refractivity (Wildman–Crippen MR) is 150 cm³/mol. The zero-order valence-electron chi connectivity index (χ0n) is 21.5. The number of carbonyl (C=O) groups excluding carboxylic acids is 2. The van der Waals surface area contributed by atoms with Crippen LogP contribution in [0.4, 0.5) is 11.4 Å². The largest absolute Gasteiger partial charge is 0.494 e. The quantitative estimate of drug-likeness (QED) is 0.207. The van der Waals surface area contributed by atoms with Crippen LogP contribution in [0.3, 0.4) is 0 Å². The Kier molecular flexibility index (Phi) is 10.00. The average molecular weight is 505 g/mol. The Balaban J connectivity index is 1.72. The lowest BCUT2D eigenvalue weighted by Gasteiger charge is -2.19. The average Bonchev–Trinajstić information content (AvgIpc) is 2.83. The van der Waals surface area contributed by atoms with E-state index in [1.54, 1.807) is 0 Å². The lowest BCUT2D eigenvalue weighted by atomic mass is 9.92. The molecular formula is C30H36N2O3S. The van der Waals surface area contributed by atoms with Crippen LogP contribution < -0.4 is 15.4 Å². The molecule has 0 aliphatic carbocycles. The molecule has 0 saturated heterocycles. The van der Waals surface area contributed by atoms with Gasteiger partial charge in [-0.25, -0.2) is 0 Å². The van der Waals surface area contributed by atoms with Crippen LogP contribution in [-0.4, -0.2) is 18.4 Å². The minimum Gasteiger partial charge on any atom is -0.494 e. The number of hydrogen-bond donors (Lipinski definition) is 2. The van der Waals surface area contributed by atoms with Gasteiger partial charge < -0.3 is 15.4 Å². The summed E-state index contributed by atoms with van der Waals surface area (Å²) in [7, 11) is 0. The molecule has 3 rings (SSSR count). The van der Waals surface area contributed by atoms with Crippen molar-refractivity contribution in [2.24, 2.45) is 5.41 Å². The molecule has 0 saturated carbocycles. The number of carbonyl (C=O) groups is 2. The summed E-state index contributed by atoms with van der Waals surface area (Å²) in [6.45, 7) is 8.92.